The lowest BCUT2D eigenvalue weighted by atomic mass is 9.97. The predicted octanol–water partition coefficient (Wildman–Crippen LogP) is 2.30. The van der Waals surface area contributed by atoms with E-state index in [4.69, 9.17) is 10.2 Å². The minimum absolute atomic E-state index is 0.206. The molecule has 0 atom stereocenters. The van der Waals surface area contributed by atoms with Gasteiger partial charge in [-0.05, 0) is 37.1 Å². The molecule has 1 aromatic heterocycles. The van der Waals surface area contributed by atoms with E-state index in [-0.39, 0.29) is 18.2 Å². The zero-order chi connectivity index (χ0) is 14.8. The Labute approximate surface area is 117 Å². The molecule has 0 aliphatic carbocycles. The molecule has 0 radical (unpaired) electrons. The summed E-state index contributed by atoms with van der Waals surface area (Å²) in [5.74, 6) is -0.111. The molecule has 20 heavy (non-hydrogen) atoms. The first kappa shape index (κ1) is 14.4. The molecule has 2 aromatic rings. The summed E-state index contributed by atoms with van der Waals surface area (Å²) in [5, 5.41) is 13.6. The van der Waals surface area contributed by atoms with Gasteiger partial charge < -0.3 is 20.6 Å². The summed E-state index contributed by atoms with van der Waals surface area (Å²) in [6.45, 7) is 3.98. The maximum absolute atomic E-state index is 12.0. The molecule has 2 rings (SSSR count). The molecular formula is C15H20N2O3. The molecule has 0 unspecified atom stereocenters. The number of hydrogen-bond acceptors (Lipinski definition) is 4. The minimum Gasteiger partial charge on any atom is -0.451 e. The molecule has 0 fully saturated rings. The van der Waals surface area contributed by atoms with E-state index in [0.717, 1.165) is 5.39 Å². The summed E-state index contributed by atoms with van der Waals surface area (Å²) in [6.07, 6.45) is 1.17. The average Bonchev–Trinajstić information content (AvgIpc) is 2.87. The number of nitrogens with one attached hydrogen (secondary N) is 1. The number of hydrogen-bond donors (Lipinski definition) is 3. The second-order valence-corrected chi connectivity index (χ2v) is 5.02. The van der Waals surface area contributed by atoms with E-state index < -0.39 is 5.60 Å². The maximum atomic E-state index is 12.0. The zero-order valence-electron chi connectivity index (χ0n) is 11.8. The van der Waals surface area contributed by atoms with Crippen LogP contribution in [0.2, 0.25) is 0 Å². The fraction of sp³-hybridized carbons (Fsp3) is 0.400. The third kappa shape index (κ3) is 2.93. The normalized spacial score (nSPS) is 11.8. The van der Waals surface area contributed by atoms with Gasteiger partial charge in [0.2, 0.25) is 0 Å². The average molecular weight is 276 g/mol. The van der Waals surface area contributed by atoms with Crippen LogP contribution in [0.4, 0.5) is 5.69 Å². The summed E-state index contributed by atoms with van der Waals surface area (Å²) >= 11 is 0. The Morgan fingerprint density at radius 2 is 2.05 bits per heavy atom. The predicted molar refractivity (Wildman–Crippen MR) is 78.5 cm³/mol. The van der Waals surface area contributed by atoms with Crippen LogP contribution in [0.5, 0.6) is 0 Å². The topological polar surface area (TPSA) is 88.5 Å². The molecule has 108 valence electrons. The van der Waals surface area contributed by atoms with E-state index in [0.29, 0.717) is 24.1 Å². The van der Waals surface area contributed by atoms with Crippen molar-refractivity contribution in [2.75, 3.05) is 12.3 Å². The van der Waals surface area contributed by atoms with Crippen LogP contribution in [0.3, 0.4) is 0 Å². The number of anilines is 1. The van der Waals surface area contributed by atoms with Crippen LogP contribution in [0.25, 0.3) is 11.0 Å². The summed E-state index contributed by atoms with van der Waals surface area (Å²) in [6, 6.07) is 6.86. The second-order valence-electron chi connectivity index (χ2n) is 5.02. The molecule has 0 saturated heterocycles. The first-order chi connectivity index (χ1) is 9.47. The van der Waals surface area contributed by atoms with E-state index in [1.807, 2.05) is 13.8 Å². The first-order valence-electron chi connectivity index (χ1n) is 6.77. The van der Waals surface area contributed by atoms with E-state index in [2.05, 4.69) is 5.32 Å². The Bertz CT molecular complexity index is 615. The number of nitrogen functional groups attached to an aromatic ring is 1. The number of rotatable bonds is 5. The summed E-state index contributed by atoms with van der Waals surface area (Å²) < 4.78 is 5.47. The van der Waals surface area contributed by atoms with E-state index in [1.54, 1.807) is 24.3 Å². The van der Waals surface area contributed by atoms with Crippen LogP contribution in [0.1, 0.15) is 37.2 Å². The smallest absolute Gasteiger partial charge is 0.287 e. The number of benzene rings is 1. The van der Waals surface area contributed by atoms with Crippen LogP contribution in [0, 0.1) is 0 Å². The van der Waals surface area contributed by atoms with Crippen LogP contribution in [-0.4, -0.2) is 23.2 Å². The zero-order valence-corrected chi connectivity index (χ0v) is 11.8. The van der Waals surface area contributed by atoms with E-state index >= 15 is 0 Å². The van der Waals surface area contributed by atoms with Crippen molar-refractivity contribution < 1.29 is 14.3 Å². The number of fused-ring (bicyclic) bond motifs is 1. The lowest BCUT2D eigenvalue weighted by Crippen LogP contribution is -2.41. The lowest BCUT2D eigenvalue weighted by Gasteiger charge is -2.24. The van der Waals surface area contributed by atoms with Gasteiger partial charge in [-0.3, -0.25) is 4.79 Å². The van der Waals surface area contributed by atoms with Gasteiger partial charge in [0.1, 0.15) is 5.58 Å². The molecule has 5 nitrogen and oxygen atoms in total. The molecule has 0 spiro atoms. The Kier molecular flexibility index (Phi) is 3.99. The van der Waals surface area contributed by atoms with E-state index in [1.165, 1.54) is 0 Å². The van der Waals surface area contributed by atoms with Gasteiger partial charge in [0.05, 0.1) is 5.60 Å². The first-order valence-corrected chi connectivity index (χ1v) is 6.77. The molecule has 5 heteroatoms. The Morgan fingerprint density at radius 1 is 1.35 bits per heavy atom. The number of aliphatic hydroxyl groups is 1. The lowest BCUT2D eigenvalue weighted by molar-refractivity contribution is 0.0310. The number of carbonyl (C=O) groups is 1. The Balaban J connectivity index is 2.11. The molecule has 1 heterocycles. The van der Waals surface area contributed by atoms with Crippen molar-refractivity contribution in [3.05, 3.63) is 30.0 Å². The highest BCUT2D eigenvalue weighted by Gasteiger charge is 2.23. The molecule has 0 bridgehead atoms. The molecule has 1 amide bonds. The minimum atomic E-state index is -0.869. The van der Waals surface area contributed by atoms with Crippen molar-refractivity contribution in [1.29, 1.82) is 0 Å². The van der Waals surface area contributed by atoms with Crippen molar-refractivity contribution >= 4 is 22.6 Å². The number of furan rings is 1. The summed E-state index contributed by atoms with van der Waals surface area (Å²) in [4.78, 5) is 12.0. The highest BCUT2D eigenvalue weighted by Crippen LogP contribution is 2.22. The summed E-state index contributed by atoms with van der Waals surface area (Å²) in [7, 11) is 0. The highest BCUT2D eigenvalue weighted by molar-refractivity contribution is 5.96. The van der Waals surface area contributed by atoms with Crippen LogP contribution >= 0.6 is 0 Å². The standard InChI is InChI=1S/C15H20N2O3/c1-3-15(19,4-2)9-17-14(18)13-8-10-7-11(16)5-6-12(10)20-13/h5-8,19H,3-4,9,16H2,1-2H3,(H,17,18). The monoisotopic (exact) mass is 276 g/mol. The van der Waals surface area contributed by atoms with Gasteiger partial charge in [0, 0.05) is 17.6 Å². The van der Waals surface area contributed by atoms with E-state index in [9.17, 15) is 9.90 Å². The quantitative estimate of drug-likeness (QED) is 0.731. The number of nitrogens with two attached hydrogens (primary N) is 1. The maximum Gasteiger partial charge on any atom is 0.287 e. The third-order valence-electron chi connectivity index (χ3n) is 3.66. The van der Waals surface area contributed by atoms with Crippen molar-refractivity contribution in [2.24, 2.45) is 0 Å². The number of carbonyl (C=O) groups excluding carboxylic acids is 1. The van der Waals surface area contributed by atoms with Gasteiger partial charge in [-0.15, -0.1) is 0 Å². The Hall–Kier alpha value is -2.01. The Morgan fingerprint density at radius 3 is 2.70 bits per heavy atom. The third-order valence-corrected chi connectivity index (χ3v) is 3.66. The highest BCUT2D eigenvalue weighted by atomic mass is 16.3. The fourth-order valence-corrected chi connectivity index (χ4v) is 2.01. The van der Waals surface area contributed by atoms with Crippen molar-refractivity contribution in [1.82, 2.24) is 5.32 Å². The van der Waals surface area contributed by atoms with Gasteiger partial charge in [-0.1, -0.05) is 13.8 Å². The van der Waals surface area contributed by atoms with Crippen LogP contribution in [0.15, 0.2) is 28.7 Å². The van der Waals surface area contributed by atoms with Gasteiger partial charge >= 0.3 is 0 Å². The van der Waals surface area contributed by atoms with Crippen molar-refractivity contribution in [3.63, 3.8) is 0 Å². The van der Waals surface area contributed by atoms with Gasteiger partial charge in [0.25, 0.3) is 5.91 Å². The van der Waals surface area contributed by atoms with Crippen LogP contribution < -0.4 is 11.1 Å². The van der Waals surface area contributed by atoms with Crippen molar-refractivity contribution in [3.8, 4) is 0 Å². The molecule has 4 N–H and O–H groups in total. The molecule has 1 aromatic carbocycles. The van der Waals surface area contributed by atoms with Gasteiger partial charge in [0.15, 0.2) is 5.76 Å². The number of amides is 1. The fourth-order valence-electron chi connectivity index (χ4n) is 2.01. The second kappa shape index (κ2) is 5.54. The largest absolute Gasteiger partial charge is 0.451 e. The van der Waals surface area contributed by atoms with Gasteiger partial charge in [-0.2, -0.15) is 0 Å². The molecule has 0 aliphatic heterocycles. The van der Waals surface area contributed by atoms with Crippen molar-refractivity contribution in [2.45, 2.75) is 32.3 Å². The van der Waals surface area contributed by atoms with Crippen LogP contribution in [-0.2, 0) is 0 Å². The molecule has 0 aliphatic rings. The molecule has 0 saturated carbocycles. The summed E-state index contributed by atoms with van der Waals surface area (Å²) in [5.41, 5.74) is 6.05. The molecular weight excluding hydrogens is 256 g/mol. The SMILES string of the molecule is CCC(O)(CC)CNC(=O)c1cc2cc(N)ccc2o1. The van der Waals surface area contributed by atoms with Gasteiger partial charge in [-0.25, -0.2) is 0 Å².